The van der Waals surface area contributed by atoms with Crippen LogP contribution in [0.3, 0.4) is 0 Å². The maximum absolute atomic E-state index is 12.6. The minimum Gasteiger partial charge on any atom is -0.402 e. The minimum atomic E-state index is -0.129. The van der Waals surface area contributed by atoms with Gasteiger partial charge in [-0.05, 0) is 32.4 Å². The van der Waals surface area contributed by atoms with Crippen LogP contribution in [0.4, 0.5) is 0 Å². The molecule has 0 aliphatic heterocycles. The van der Waals surface area contributed by atoms with Crippen molar-refractivity contribution in [3.63, 3.8) is 0 Å². The molecular weight excluding hydrogens is 276 g/mol. The van der Waals surface area contributed by atoms with Gasteiger partial charge in [0.2, 0.25) is 0 Å². The number of fused-ring (bicyclic) bond motifs is 1. The predicted octanol–water partition coefficient (Wildman–Crippen LogP) is 2.87. The standard InChI is InChI=1S/C18H20N2O2/c1-10(12(3)19)8-13(20)9-16-11(2)17(21)14-6-4-5-7-15(14)18(16)22/h4-8H,9,19-20H2,1-3H3/b12-10-,13-8-. The molecule has 4 nitrogen and oxygen atoms in total. The van der Waals surface area contributed by atoms with Crippen LogP contribution in [0.2, 0.25) is 0 Å². The Hall–Kier alpha value is -2.62. The van der Waals surface area contributed by atoms with E-state index in [1.54, 1.807) is 44.2 Å². The molecule has 0 heterocycles. The van der Waals surface area contributed by atoms with Crippen LogP contribution in [0.25, 0.3) is 0 Å². The first kappa shape index (κ1) is 15.8. The highest BCUT2D eigenvalue weighted by atomic mass is 16.1. The molecule has 0 aromatic heterocycles. The molecule has 0 radical (unpaired) electrons. The summed E-state index contributed by atoms with van der Waals surface area (Å²) in [6.07, 6.45) is 1.99. The van der Waals surface area contributed by atoms with Crippen LogP contribution in [-0.2, 0) is 0 Å². The highest BCUT2D eigenvalue weighted by Gasteiger charge is 2.29. The summed E-state index contributed by atoms with van der Waals surface area (Å²) in [6.45, 7) is 5.32. The molecule has 114 valence electrons. The summed E-state index contributed by atoms with van der Waals surface area (Å²) in [5.41, 5.74) is 15.6. The van der Waals surface area contributed by atoms with Gasteiger partial charge < -0.3 is 11.5 Å². The molecule has 1 aromatic carbocycles. The van der Waals surface area contributed by atoms with Crippen LogP contribution in [0.15, 0.2) is 58.5 Å². The molecule has 0 spiro atoms. The van der Waals surface area contributed by atoms with E-state index in [0.29, 0.717) is 33.7 Å². The molecule has 0 atom stereocenters. The van der Waals surface area contributed by atoms with Crippen LogP contribution in [0.5, 0.6) is 0 Å². The maximum atomic E-state index is 12.6. The fourth-order valence-corrected chi connectivity index (χ4v) is 2.41. The number of hydrogen-bond acceptors (Lipinski definition) is 4. The van der Waals surface area contributed by atoms with E-state index in [1.807, 2.05) is 6.92 Å². The summed E-state index contributed by atoms with van der Waals surface area (Å²) in [5.74, 6) is -0.240. The molecule has 1 aromatic rings. The third kappa shape index (κ3) is 2.86. The summed E-state index contributed by atoms with van der Waals surface area (Å²) in [6, 6.07) is 6.87. The van der Waals surface area contributed by atoms with Crippen molar-refractivity contribution in [2.45, 2.75) is 27.2 Å². The lowest BCUT2D eigenvalue weighted by Gasteiger charge is -2.19. The van der Waals surface area contributed by atoms with E-state index >= 15 is 0 Å². The van der Waals surface area contributed by atoms with Gasteiger partial charge in [0.1, 0.15) is 0 Å². The summed E-state index contributed by atoms with van der Waals surface area (Å²) < 4.78 is 0. The second kappa shape index (κ2) is 6.02. The molecule has 0 amide bonds. The molecule has 22 heavy (non-hydrogen) atoms. The monoisotopic (exact) mass is 296 g/mol. The number of hydrogen-bond donors (Lipinski definition) is 2. The second-order valence-electron chi connectivity index (χ2n) is 5.57. The fraction of sp³-hybridized carbons (Fsp3) is 0.222. The van der Waals surface area contributed by atoms with E-state index in [9.17, 15) is 9.59 Å². The fourth-order valence-electron chi connectivity index (χ4n) is 2.41. The minimum absolute atomic E-state index is 0.111. The zero-order valence-corrected chi connectivity index (χ0v) is 13.1. The summed E-state index contributed by atoms with van der Waals surface area (Å²) >= 11 is 0. The van der Waals surface area contributed by atoms with Crippen molar-refractivity contribution in [1.82, 2.24) is 0 Å². The molecule has 0 bridgehead atoms. The zero-order chi connectivity index (χ0) is 16.4. The molecular formula is C18H20N2O2. The van der Waals surface area contributed by atoms with Gasteiger partial charge in [-0.3, -0.25) is 9.59 Å². The molecule has 1 aliphatic rings. The van der Waals surface area contributed by atoms with Crippen LogP contribution in [-0.4, -0.2) is 11.6 Å². The first-order valence-electron chi connectivity index (χ1n) is 7.10. The van der Waals surface area contributed by atoms with Gasteiger partial charge in [0.25, 0.3) is 0 Å². The first-order chi connectivity index (χ1) is 10.3. The summed E-state index contributed by atoms with van der Waals surface area (Å²) in [4.78, 5) is 25.0. The Labute approximate surface area is 130 Å². The number of ketones is 2. The lowest BCUT2D eigenvalue weighted by atomic mass is 9.83. The Morgan fingerprint density at radius 3 is 2.14 bits per heavy atom. The second-order valence-corrected chi connectivity index (χ2v) is 5.57. The lowest BCUT2D eigenvalue weighted by Crippen LogP contribution is -2.22. The Bertz CT molecular complexity index is 748. The van der Waals surface area contributed by atoms with Gasteiger partial charge in [-0.1, -0.05) is 24.3 Å². The number of carbonyl (C=O) groups excluding carboxylic acids is 2. The Morgan fingerprint density at radius 2 is 1.59 bits per heavy atom. The largest absolute Gasteiger partial charge is 0.402 e. The number of carbonyl (C=O) groups is 2. The molecule has 4 N–H and O–H groups in total. The smallest absolute Gasteiger partial charge is 0.190 e. The molecule has 1 aliphatic carbocycles. The molecule has 2 rings (SSSR count). The normalized spacial score (nSPS) is 16.6. The van der Waals surface area contributed by atoms with Gasteiger partial charge in [-0.15, -0.1) is 0 Å². The maximum Gasteiger partial charge on any atom is 0.190 e. The van der Waals surface area contributed by atoms with Crippen LogP contribution < -0.4 is 11.5 Å². The van der Waals surface area contributed by atoms with Crippen molar-refractivity contribution in [3.8, 4) is 0 Å². The average molecular weight is 296 g/mol. The van der Waals surface area contributed by atoms with Crippen molar-refractivity contribution in [1.29, 1.82) is 0 Å². The third-order valence-corrected chi connectivity index (χ3v) is 3.89. The van der Waals surface area contributed by atoms with E-state index in [2.05, 4.69) is 0 Å². The Kier molecular flexibility index (Phi) is 4.31. The van der Waals surface area contributed by atoms with Gasteiger partial charge in [-0.25, -0.2) is 0 Å². The molecule has 4 heteroatoms. The van der Waals surface area contributed by atoms with Crippen LogP contribution >= 0.6 is 0 Å². The van der Waals surface area contributed by atoms with Crippen LogP contribution in [0.1, 0.15) is 47.9 Å². The average Bonchev–Trinajstić information content (AvgIpc) is 2.49. The number of Topliss-reactive ketones (excluding diaryl/α,β-unsaturated/α-hetero) is 2. The molecule has 0 saturated carbocycles. The van der Waals surface area contributed by atoms with E-state index in [1.165, 1.54) is 0 Å². The molecule has 0 unspecified atom stereocenters. The number of benzene rings is 1. The number of nitrogens with two attached hydrogens (primary N) is 2. The topological polar surface area (TPSA) is 86.2 Å². The third-order valence-electron chi connectivity index (χ3n) is 3.89. The number of rotatable bonds is 3. The highest BCUT2D eigenvalue weighted by molar-refractivity contribution is 6.26. The number of allylic oxidation sites excluding steroid dienone is 5. The predicted molar refractivity (Wildman–Crippen MR) is 87.3 cm³/mol. The van der Waals surface area contributed by atoms with E-state index in [0.717, 1.165) is 5.57 Å². The van der Waals surface area contributed by atoms with Crippen molar-refractivity contribution < 1.29 is 9.59 Å². The van der Waals surface area contributed by atoms with E-state index < -0.39 is 0 Å². The Morgan fingerprint density at radius 1 is 1.05 bits per heavy atom. The lowest BCUT2D eigenvalue weighted by molar-refractivity contribution is 0.0973. The molecule has 0 saturated heterocycles. The molecule has 0 fully saturated rings. The van der Waals surface area contributed by atoms with Gasteiger partial charge in [-0.2, -0.15) is 0 Å². The van der Waals surface area contributed by atoms with Crippen molar-refractivity contribution >= 4 is 11.6 Å². The highest BCUT2D eigenvalue weighted by Crippen LogP contribution is 2.29. The van der Waals surface area contributed by atoms with Gasteiger partial charge in [0.15, 0.2) is 11.6 Å². The van der Waals surface area contributed by atoms with E-state index in [4.69, 9.17) is 11.5 Å². The quantitative estimate of drug-likeness (QED) is 0.840. The van der Waals surface area contributed by atoms with Crippen molar-refractivity contribution in [2.75, 3.05) is 0 Å². The summed E-state index contributed by atoms with van der Waals surface area (Å²) in [7, 11) is 0. The van der Waals surface area contributed by atoms with Crippen molar-refractivity contribution in [3.05, 3.63) is 69.6 Å². The van der Waals surface area contributed by atoms with Crippen molar-refractivity contribution in [2.24, 2.45) is 11.5 Å². The van der Waals surface area contributed by atoms with Crippen LogP contribution in [0, 0.1) is 0 Å². The van der Waals surface area contributed by atoms with E-state index in [-0.39, 0.29) is 18.0 Å². The van der Waals surface area contributed by atoms with Gasteiger partial charge in [0, 0.05) is 40.1 Å². The van der Waals surface area contributed by atoms with Gasteiger partial charge in [0.05, 0.1) is 0 Å². The summed E-state index contributed by atoms with van der Waals surface area (Å²) in [5, 5.41) is 0. The Balaban J connectivity index is 2.40. The first-order valence-corrected chi connectivity index (χ1v) is 7.10. The van der Waals surface area contributed by atoms with Gasteiger partial charge >= 0.3 is 0 Å². The zero-order valence-electron chi connectivity index (χ0n) is 13.1. The SMILES string of the molecule is CC1=C(C/C(N)=C/C(C)=C(/C)N)C(=O)c2ccccc2C1=O.